The van der Waals surface area contributed by atoms with E-state index in [4.69, 9.17) is 18.6 Å². The van der Waals surface area contributed by atoms with Gasteiger partial charge in [-0.15, -0.1) is 0 Å². The number of phenolic OH excluding ortho intramolecular Hbond substituents is 3. The van der Waals surface area contributed by atoms with Gasteiger partial charge in [-0.25, -0.2) is 0 Å². The van der Waals surface area contributed by atoms with E-state index in [1.165, 1.54) is 24.3 Å². The molecule has 0 saturated carbocycles. The Hall–Kier alpha value is -3.35. The Kier molecular flexibility index (Phi) is 8.41. The second kappa shape index (κ2) is 11.7. The van der Waals surface area contributed by atoms with Crippen molar-refractivity contribution in [1.29, 1.82) is 0 Å². The third-order valence-electron chi connectivity index (χ3n) is 7.44. The monoisotopic (exact) mass is 594 g/mol. The quantitative estimate of drug-likeness (QED) is 0.147. The first kappa shape index (κ1) is 30.1. The van der Waals surface area contributed by atoms with E-state index in [0.717, 1.165) is 12.1 Å². The molecule has 3 aromatic rings. The smallest absolute Gasteiger partial charge is 0.197 e. The second-order valence-electron chi connectivity index (χ2n) is 10.1. The molecular weight excluding hydrogens is 564 g/mol. The summed E-state index contributed by atoms with van der Waals surface area (Å²) in [6.07, 6.45) is -17.1. The molecule has 0 aliphatic carbocycles. The molecule has 15 heteroatoms. The predicted octanol–water partition coefficient (Wildman–Crippen LogP) is -2.08. The maximum atomic E-state index is 13.0. The summed E-state index contributed by atoms with van der Waals surface area (Å²) in [7, 11) is 0. The molecule has 0 unspecified atom stereocenters. The number of aliphatic hydroxyl groups excluding tert-OH is 7. The van der Waals surface area contributed by atoms with E-state index in [2.05, 4.69) is 0 Å². The van der Waals surface area contributed by atoms with E-state index in [1.54, 1.807) is 0 Å². The highest BCUT2D eigenvalue weighted by Crippen LogP contribution is 2.44. The van der Waals surface area contributed by atoms with Crippen molar-refractivity contribution >= 4 is 11.0 Å². The van der Waals surface area contributed by atoms with Crippen molar-refractivity contribution in [3.8, 4) is 28.6 Å². The van der Waals surface area contributed by atoms with Crippen molar-refractivity contribution in [2.24, 2.45) is 0 Å². The number of rotatable bonds is 6. The fourth-order valence-corrected chi connectivity index (χ4v) is 5.19. The molecule has 42 heavy (non-hydrogen) atoms. The van der Waals surface area contributed by atoms with Crippen LogP contribution in [0.4, 0.5) is 0 Å². The molecule has 0 bridgehead atoms. The van der Waals surface area contributed by atoms with Crippen molar-refractivity contribution in [3.63, 3.8) is 0 Å². The van der Waals surface area contributed by atoms with Crippen molar-refractivity contribution in [1.82, 2.24) is 0 Å². The van der Waals surface area contributed by atoms with Crippen molar-refractivity contribution in [2.75, 3.05) is 13.2 Å². The lowest BCUT2D eigenvalue weighted by molar-refractivity contribution is -0.342. The van der Waals surface area contributed by atoms with Crippen molar-refractivity contribution in [2.45, 2.75) is 61.2 Å². The van der Waals surface area contributed by atoms with E-state index < -0.39 is 97.0 Å². The number of fused-ring (bicyclic) bond motifs is 1. The summed E-state index contributed by atoms with van der Waals surface area (Å²) in [5.74, 6) is -1.42. The summed E-state index contributed by atoms with van der Waals surface area (Å²) in [6, 6.07) is 7.46. The fourth-order valence-electron chi connectivity index (χ4n) is 5.19. The third kappa shape index (κ3) is 5.20. The second-order valence-corrected chi connectivity index (χ2v) is 10.1. The minimum absolute atomic E-state index is 0.0351. The first-order valence-corrected chi connectivity index (χ1v) is 12.9. The minimum Gasteiger partial charge on any atom is -0.508 e. The van der Waals surface area contributed by atoms with E-state index in [0.29, 0.717) is 5.56 Å². The molecule has 0 spiro atoms. The van der Waals surface area contributed by atoms with Gasteiger partial charge in [0.05, 0.1) is 18.8 Å². The van der Waals surface area contributed by atoms with Crippen molar-refractivity contribution in [3.05, 3.63) is 52.2 Å². The normalized spacial score (nSPS) is 33.6. The maximum Gasteiger partial charge on any atom is 0.197 e. The molecular formula is C27H30O15. The third-order valence-corrected chi connectivity index (χ3v) is 7.44. The molecule has 2 fully saturated rings. The Morgan fingerprint density at radius 1 is 0.738 bits per heavy atom. The SMILES string of the molecule is O=c1cc(-c2ccc(O)cc2)oc2c([C@H]3O[C@@H](CO)[C@H](O[C@H]4O[C@@H](CO)[C@H](O)[C@@H](O)[C@@H]4O)[C@@H](O)[C@@H]3O)c(O)cc(O)c12. The van der Waals surface area contributed by atoms with Gasteiger partial charge in [0.2, 0.25) is 0 Å². The maximum absolute atomic E-state index is 13.0. The highest BCUT2D eigenvalue weighted by atomic mass is 16.7. The fraction of sp³-hybridized carbons (Fsp3) is 0.444. The topological polar surface area (TPSA) is 260 Å². The van der Waals surface area contributed by atoms with Gasteiger partial charge in [-0.3, -0.25) is 4.79 Å². The van der Waals surface area contributed by atoms with Gasteiger partial charge in [0, 0.05) is 17.7 Å². The number of hydrogen-bond acceptors (Lipinski definition) is 15. The van der Waals surface area contributed by atoms with Crippen LogP contribution in [0.2, 0.25) is 0 Å². The Labute approximate surface area is 236 Å². The van der Waals surface area contributed by atoms with Gasteiger partial charge >= 0.3 is 0 Å². The Morgan fingerprint density at radius 3 is 2.05 bits per heavy atom. The summed E-state index contributed by atoms with van der Waals surface area (Å²) in [5.41, 5.74) is -1.14. The van der Waals surface area contributed by atoms with Crippen LogP contribution < -0.4 is 5.43 Å². The molecule has 2 saturated heterocycles. The zero-order valence-corrected chi connectivity index (χ0v) is 21.7. The zero-order valence-electron chi connectivity index (χ0n) is 21.7. The van der Waals surface area contributed by atoms with Gasteiger partial charge in [-0.05, 0) is 24.3 Å². The van der Waals surface area contributed by atoms with Gasteiger partial charge in [-0.2, -0.15) is 0 Å². The molecule has 2 aliphatic rings. The van der Waals surface area contributed by atoms with Gasteiger partial charge in [0.15, 0.2) is 17.3 Å². The van der Waals surface area contributed by atoms with E-state index in [-0.39, 0.29) is 22.5 Å². The van der Waals surface area contributed by atoms with Crippen LogP contribution in [-0.4, -0.2) is 119 Å². The summed E-state index contributed by atoms with van der Waals surface area (Å²) < 4.78 is 22.5. The largest absolute Gasteiger partial charge is 0.508 e. The summed E-state index contributed by atoms with van der Waals surface area (Å²) in [4.78, 5) is 13.0. The number of benzene rings is 2. The van der Waals surface area contributed by atoms with Gasteiger partial charge in [0.25, 0.3) is 0 Å². The van der Waals surface area contributed by atoms with E-state index in [1.807, 2.05) is 0 Å². The lowest BCUT2D eigenvalue weighted by Gasteiger charge is -2.46. The van der Waals surface area contributed by atoms with Gasteiger partial charge in [0.1, 0.15) is 83.3 Å². The Balaban J connectivity index is 1.53. The van der Waals surface area contributed by atoms with Gasteiger partial charge in [-0.1, -0.05) is 0 Å². The molecule has 228 valence electrons. The molecule has 10 atom stereocenters. The number of aromatic hydroxyl groups is 3. The Bertz CT molecular complexity index is 1470. The molecule has 2 aliphatic heterocycles. The summed E-state index contributed by atoms with van der Waals surface area (Å²) in [5, 5.41) is 103. The van der Waals surface area contributed by atoms with Crippen LogP contribution in [0, 0.1) is 0 Å². The lowest BCUT2D eigenvalue weighted by Crippen LogP contribution is -2.63. The van der Waals surface area contributed by atoms with Crippen LogP contribution in [0.5, 0.6) is 17.2 Å². The van der Waals surface area contributed by atoms with Crippen LogP contribution >= 0.6 is 0 Å². The molecule has 5 rings (SSSR count). The minimum atomic E-state index is -1.94. The lowest BCUT2D eigenvalue weighted by atomic mass is 9.89. The first-order chi connectivity index (χ1) is 20.0. The molecule has 0 amide bonds. The van der Waals surface area contributed by atoms with Crippen LogP contribution in [0.3, 0.4) is 0 Å². The Morgan fingerprint density at radius 2 is 1.40 bits per heavy atom. The van der Waals surface area contributed by atoms with E-state index in [9.17, 15) is 55.9 Å². The van der Waals surface area contributed by atoms with Crippen LogP contribution in [-0.2, 0) is 14.2 Å². The number of ether oxygens (including phenoxy) is 3. The predicted molar refractivity (Wildman–Crippen MR) is 138 cm³/mol. The molecule has 2 aromatic carbocycles. The number of hydrogen-bond donors (Lipinski definition) is 10. The van der Waals surface area contributed by atoms with E-state index >= 15 is 0 Å². The standard InChI is InChI=1S/C27H30O15/c28-7-15-19(34)20(35)23(38)27(41-15)42-24-16(8-29)40-26(22(37)21(24)36)18-12(32)5-11(31)17-13(33)6-14(39-25(17)18)9-1-3-10(30)4-2-9/h1-6,15-16,19-24,26-32,34-38H,7-8H2/t15-,16-,19-,20+,21-,22-,23-,24-,26+,27+/m0/s1. The number of phenols is 3. The molecule has 1 aromatic heterocycles. The van der Waals surface area contributed by atoms with Crippen molar-refractivity contribution < 1.29 is 69.7 Å². The number of aliphatic hydroxyl groups is 7. The van der Waals surface area contributed by atoms with Crippen LogP contribution in [0.25, 0.3) is 22.3 Å². The highest BCUT2D eigenvalue weighted by molar-refractivity contribution is 5.89. The molecule has 10 N–H and O–H groups in total. The average molecular weight is 595 g/mol. The van der Waals surface area contributed by atoms with Gasteiger partial charge < -0.3 is 69.7 Å². The molecule has 3 heterocycles. The van der Waals surface area contributed by atoms with Crippen LogP contribution in [0.1, 0.15) is 11.7 Å². The van der Waals surface area contributed by atoms with Crippen LogP contribution in [0.15, 0.2) is 45.6 Å². The zero-order chi connectivity index (χ0) is 30.5. The average Bonchev–Trinajstić information content (AvgIpc) is 2.96. The summed E-state index contributed by atoms with van der Waals surface area (Å²) >= 11 is 0. The molecule has 0 radical (unpaired) electrons. The molecule has 15 nitrogen and oxygen atoms in total. The highest BCUT2D eigenvalue weighted by Gasteiger charge is 2.51. The first-order valence-electron chi connectivity index (χ1n) is 12.9. The summed E-state index contributed by atoms with van der Waals surface area (Å²) in [6.45, 7) is -1.60.